The number of para-hydroxylation sites is 2. The lowest BCUT2D eigenvalue weighted by Gasteiger charge is -2.36. The van der Waals surface area contributed by atoms with Crippen LogP contribution in [0, 0.1) is 5.92 Å². The van der Waals surface area contributed by atoms with Gasteiger partial charge >= 0.3 is 12.0 Å². The fourth-order valence-corrected chi connectivity index (χ4v) is 6.30. The number of nitrogens with zero attached hydrogens (tertiary/aromatic N) is 2. The maximum absolute atomic E-state index is 14.3. The molecule has 1 unspecified atom stereocenters. The molecule has 3 heterocycles. The molecule has 43 heavy (non-hydrogen) atoms. The number of carbonyl (C=O) groups excluding carboxylic acids is 3. The van der Waals surface area contributed by atoms with Gasteiger partial charge in [0.1, 0.15) is 18.1 Å². The average molecular weight is 579 g/mol. The van der Waals surface area contributed by atoms with Crippen LogP contribution in [-0.2, 0) is 16.0 Å². The number of carboxylic acid groups (broad SMARTS) is 1. The predicted molar refractivity (Wildman–Crippen MR) is 163 cm³/mol. The number of nitrogens with one attached hydrogen (secondary N) is 2. The van der Waals surface area contributed by atoms with E-state index in [9.17, 15) is 24.3 Å². The summed E-state index contributed by atoms with van der Waals surface area (Å²) in [5, 5.41) is 13.2. The van der Waals surface area contributed by atoms with Crippen LogP contribution in [0.15, 0.2) is 72.8 Å². The van der Waals surface area contributed by atoms with Crippen LogP contribution in [0.1, 0.15) is 72.4 Å². The zero-order valence-corrected chi connectivity index (χ0v) is 24.5. The number of hydrogen-bond donors (Lipinski definition) is 3. The lowest BCUT2D eigenvalue weighted by Crippen LogP contribution is -2.45. The molecule has 3 atom stereocenters. The zero-order chi connectivity index (χ0) is 30.6. The molecule has 1 saturated heterocycles. The van der Waals surface area contributed by atoms with E-state index in [1.165, 1.54) is 11.6 Å². The third-order valence-electron chi connectivity index (χ3n) is 8.58. The Kier molecular flexibility index (Phi) is 7.04. The Balaban J connectivity index is 1.44. The van der Waals surface area contributed by atoms with Gasteiger partial charge in [0.2, 0.25) is 0 Å². The molecule has 0 aliphatic carbocycles. The number of aromatic amines is 1. The highest BCUT2D eigenvalue weighted by molar-refractivity contribution is 6.24. The molecule has 9 heteroatoms. The van der Waals surface area contributed by atoms with E-state index in [0.29, 0.717) is 12.3 Å². The van der Waals surface area contributed by atoms with E-state index in [4.69, 9.17) is 0 Å². The molecule has 0 radical (unpaired) electrons. The molecule has 9 nitrogen and oxygen atoms in total. The van der Waals surface area contributed by atoms with Crippen LogP contribution in [0.3, 0.4) is 0 Å². The van der Waals surface area contributed by atoms with Gasteiger partial charge in [-0.15, -0.1) is 0 Å². The van der Waals surface area contributed by atoms with E-state index in [0.717, 1.165) is 32.6 Å². The van der Waals surface area contributed by atoms with Gasteiger partial charge in [0, 0.05) is 23.0 Å². The first-order valence-corrected chi connectivity index (χ1v) is 14.6. The normalized spacial score (nSPS) is 18.7. The van der Waals surface area contributed by atoms with E-state index in [1.807, 2.05) is 36.4 Å². The van der Waals surface area contributed by atoms with E-state index in [1.54, 1.807) is 36.9 Å². The molecular formula is C34H34N4O5. The van der Waals surface area contributed by atoms with Gasteiger partial charge in [-0.3, -0.25) is 14.5 Å². The zero-order valence-electron chi connectivity index (χ0n) is 24.5. The first kappa shape index (κ1) is 28.2. The molecule has 220 valence electrons. The largest absolute Gasteiger partial charge is 0.480 e. The number of aliphatic carboxylic acids is 1. The molecule has 2 aliphatic heterocycles. The van der Waals surface area contributed by atoms with E-state index < -0.39 is 41.9 Å². The number of carboxylic acids is 1. The van der Waals surface area contributed by atoms with Crippen molar-refractivity contribution in [1.29, 1.82) is 0 Å². The van der Waals surface area contributed by atoms with Crippen LogP contribution in [0.2, 0.25) is 0 Å². The van der Waals surface area contributed by atoms with Crippen LogP contribution in [0.25, 0.3) is 10.9 Å². The Morgan fingerprint density at radius 2 is 1.60 bits per heavy atom. The molecule has 3 aromatic carbocycles. The highest BCUT2D eigenvalue weighted by Gasteiger charge is 2.53. The molecule has 0 bridgehead atoms. The number of H-pyrrole nitrogens is 1. The fourth-order valence-electron chi connectivity index (χ4n) is 6.30. The topological polar surface area (TPSA) is 123 Å². The van der Waals surface area contributed by atoms with Gasteiger partial charge in [0.15, 0.2) is 0 Å². The van der Waals surface area contributed by atoms with Crippen LogP contribution in [0.4, 0.5) is 10.5 Å². The van der Waals surface area contributed by atoms with Crippen LogP contribution in [0.5, 0.6) is 0 Å². The Bertz CT molecular complexity index is 1760. The minimum atomic E-state index is -1.16. The number of rotatable bonds is 7. The highest BCUT2D eigenvalue weighted by Crippen LogP contribution is 2.45. The van der Waals surface area contributed by atoms with Crippen molar-refractivity contribution in [2.45, 2.75) is 58.2 Å². The molecule has 2 aliphatic rings. The van der Waals surface area contributed by atoms with Crippen molar-refractivity contribution in [2.24, 2.45) is 5.92 Å². The molecule has 1 fully saturated rings. The summed E-state index contributed by atoms with van der Waals surface area (Å²) in [6.45, 7) is 7.64. The Hall–Kier alpha value is -4.92. The Morgan fingerprint density at radius 1 is 0.930 bits per heavy atom. The SMILES string of the molecule is CC(C)c1ccc(C2c3[nH]c4ccccc4c3C[C@H]3C(=O)N(c4ccccc4C(=O)N[C@H](C(=O)O)C(C)C)C(=O)N23)cc1. The van der Waals surface area contributed by atoms with Crippen LogP contribution >= 0.6 is 0 Å². The van der Waals surface area contributed by atoms with Gasteiger partial charge in [-0.2, -0.15) is 0 Å². The first-order valence-electron chi connectivity index (χ1n) is 14.6. The molecular weight excluding hydrogens is 544 g/mol. The number of hydrogen-bond acceptors (Lipinski definition) is 4. The van der Waals surface area contributed by atoms with Gasteiger partial charge in [0.25, 0.3) is 11.8 Å². The summed E-state index contributed by atoms with van der Waals surface area (Å²) >= 11 is 0. The summed E-state index contributed by atoms with van der Waals surface area (Å²) in [5.41, 5.74) is 5.01. The smallest absolute Gasteiger partial charge is 0.332 e. The molecule has 3 N–H and O–H groups in total. The standard InChI is InChI=1S/C34H34N4O5/c1-18(2)20-13-15-21(16-14-20)30-29-24(22-9-5-7-11-25(22)35-29)17-27-32(40)38(34(43)37(27)30)26-12-8-6-10-23(26)31(39)36-28(19(3)4)33(41)42/h5-16,18-19,27-28,30,35H,17H2,1-4H3,(H,36,39)(H,41,42)/t27-,28-,30?/m0/s1. The van der Waals surface area contributed by atoms with E-state index >= 15 is 0 Å². The number of amides is 4. The van der Waals surface area contributed by atoms with Crippen molar-refractivity contribution in [2.75, 3.05) is 4.90 Å². The predicted octanol–water partition coefficient (Wildman–Crippen LogP) is 5.61. The lowest BCUT2D eigenvalue weighted by molar-refractivity contribution is -0.140. The minimum absolute atomic E-state index is 0.0535. The van der Waals surface area contributed by atoms with Gasteiger partial charge in [0.05, 0.1) is 11.3 Å². The average Bonchev–Trinajstić information content (AvgIpc) is 3.48. The number of benzene rings is 3. The molecule has 4 amide bonds. The van der Waals surface area contributed by atoms with Crippen LogP contribution < -0.4 is 10.2 Å². The van der Waals surface area contributed by atoms with Crippen molar-refractivity contribution >= 4 is 40.4 Å². The maximum atomic E-state index is 14.3. The highest BCUT2D eigenvalue weighted by atomic mass is 16.4. The molecule has 0 spiro atoms. The third-order valence-corrected chi connectivity index (χ3v) is 8.58. The number of carbonyl (C=O) groups is 4. The van der Waals surface area contributed by atoms with Crippen molar-refractivity contribution in [3.05, 3.63) is 101 Å². The summed E-state index contributed by atoms with van der Waals surface area (Å²) < 4.78 is 0. The summed E-state index contributed by atoms with van der Waals surface area (Å²) in [4.78, 5) is 59.9. The molecule has 0 saturated carbocycles. The summed E-state index contributed by atoms with van der Waals surface area (Å²) in [7, 11) is 0. The van der Waals surface area contributed by atoms with Crippen molar-refractivity contribution < 1.29 is 24.3 Å². The summed E-state index contributed by atoms with van der Waals surface area (Å²) in [6.07, 6.45) is 0.323. The second kappa shape index (κ2) is 10.7. The number of imide groups is 1. The van der Waals surface area contributed by atoms with E-state index in [-0.39, 0.29) is 17.2 Å². The van der Waals surface area contributed by atoms with Gasteiger partial charge in [-0.25, -0.2) is 14.5 Å². The lowest BCUT2D eigenvalue weighted by atomic mass is 9.88. The van der Waals surface area contributed by atoms with Crippen molar-refractivity contribution in [3.63, 3.8) is 0 Å². The maximum Gasteiger partial charge on any atom is 0.332 e. The Labute approximate surface area is 249 Å². The van der Waals surface area contributed by atoms with Gasteiger partial charge in [-0.05, 0) is 46.7 Å². The van der Waals surface area contributed by atoms with Gasteiger partial charge in [-0.1, -0.05) is 82.3 Å². The Morgan fingerprint density at radius 3 is 2.28 bits per heavy atom. The van der Waals surface area contributed by atoms with E-state index in [2.05, 4.69) is 36.3 Å². The monoisotopic (exact) mass is 578 g/mol. The quantitative estimate of drug-likeness (QED) is 0.246. The minimum Gasteiger partial charge on any atom is -0.480 e. The summed E-state index contributed by atoms with van der Waals surface area (Å²) in [5.74, 6) is -2.29. The number of fused-ring (bicyclic) bond motifs is 4. The second-order valence-electron chi connectivity index (χ2n) is 11.9. The molecule has 4 aromatic rings. The van der Waals surface area contributed by atoms with Gasteiger partial charge < -0.3 is 15.4 Å². The summed E-state index contributed by atoms with van der Waals surface area (Å²) in [6, 6.07) is 19.4. The van der Waals surface area contributed by atoms with Crippen molar-refractivity contribution in [1.82, 2.24) is 15.2 Å². The first-order chi connectivity index (χ1) is 20.6. The number of anilines is 1. The number of aromatic nitrogens is 1. The molecule has 6 rings (SSSR count). The molecule has 1 aromatic heterocycles. The fraction of sp³-hybridized carbons (Fsp3) is 0.294. The van der Waals surface area contributed by atoms with Crippen molar-refractivity contribution in [3.8, 4) is 0 Å². The second-order valence-corrected chi connectivity index (χ2v) is 11.9. The number of urea groups is 1. The van der Waals surface area contributed by atoms with Crippen LogP contribution in [-0.4, -0.2) is 50.9 Å². The third kappa shape index (κ3) is 4.65.